The second kappa shape index (κ2) is 15.6. The van der Waals surface area contributed by atoms with Crippen LogP contribution in [0.5, 0.6) is 0 Å². The molecule has 0 bridgehead atoms. The van der Waals surface area contributed by atoms with E-state index in [-0.39, 0.29) is 11.8 Å². The van der Waals surface area contributed by atoms with Crippen LogP contribution in [0.1, 0.15) is 34.6 Å². The third-order valence-corrected chi connectivity index (χ3v) is 9.49. The van der Waals surface area contributed by atoms with Gasteiger partial charge in [0.15, 0.2) is 0 Å². The molecule has 0 radical (unpaired) electrons. The molecule has 0 aromatic heterocycles. The normalized spacial score (nSPS) is 10.8. The van der Waals surface area contributed by atoms with Crippen LogP contribution in [-0.4, -0.2) is 24.9 Å². The number of nitrogens with zero attached hydrogens (tertiary/aromatic N) is 2. The lowest BCUT2D eigenvalue weighted by Crippen LogP contribution is -2.32. The van der Waals surface area contributed by atoms with Gasteiger partial charge in [0.2, 0.25) is 0 Å². The number of hydrogen-bond donors (Lipinski definition) is 0. The van der Waals surface area contributed by atoms with Gasteiger partial charge < -0.3 is 9.80 Å². The van der Waals surface area contributed by atoms with Crippen LogP contribution in [0, 0.1) is 0 Å². The van der Waals surface area contributed by atoms with Gasteiger partial charge in [0.1, 0.15) is 0 Å². The average molecular weight is 677 g/mol. The van der Waals surface area contributed by atoms with E-state index in [1.165, 1.54) is 22.3 Å². The predicted octanol–water partition coefficient (Wildman–Crippen LogP) is 11.7. The molecule has 254 valence electrons. The summed E-state index contributed by atoms with van der Waals surface area (Å²) in [6.45, 7) is 4.90. The van der Waals surface area contributed by atoms with Crippen molar-refractivity contribution in [3.05, 3.63) is 193 Å². The molecule has 4 heteroatoms. The Hall–Kier alpha value is -6.52. The van der Waals surface area contributed by atoms with Crippen molar-refractivity contribution in [3.63, 3.8) is 0 Å². The van der Waals surface area contributed by atoms with Crippen molar-refractivity contribution < 1.29 is 9.59 Å². The largest absolute Gasteiger partial charge is 0.309 e. The Morgan fingerprint density at radius 2 is 0.615 bits per heavy atom. The van der Waals surface area contributed by atoms with Crippen LogP contribution in [-0.2, 0) is 0 Å². The van der Waals surface area contributed by atoms with Crippen molar-refractivity contribution in [3.8, 4) is 44.5 Å². The second-order valence-corrected chi connectivity index (χ2v) is 12.7. The lowest BCUT2D eigenvalue weighted by molar-refractivity contribution is 0.0987. The first-order valence-corrected chi connectivity index (χ1v) is 17.8. The Labute approximate surface area is 306 Å². The van der Waals surface area contributed by atoms with E-state index in [0.717, 1.165) is 33.6 Å². The lowest BCUT2D eigenvalue weighted by Gasteiger charge is -2.23. The minimum Gasteiger partial charge on any atom is -0.309 e. The van der Waals surface area contributed by atoms with E-state index in [4.69, 9.17) is 0 Å². The molecule has 0 spiro atoms. The number of rotatable bonds is 10. The van der Waals surface area contributed by atoms with Crippen molar-refractivity contribution in [2.75, 3.05) is 22.9 Å². The second-order valence-electron chi connectivity index (χ2n) is 12.7. The van der Waals surface area contributed by atoms with E-state index >= 15 is 0 Å². The van der Waals surface area contributed by atoms with E-state index in [1.807, 2.05) is 98.8 Å². The first-order valence-electron chi connectivity index (χ1n) is 17.8. The van der Waals surface area contributed by atoms with E-state index in [1.54, 1.807) is 34.1 Å². The number of anilines is 2. The molecule has 4 nitrogen and oxygen atoms in total. The van der Waals surface area contributed by atoms with Crippen LogP contribution in [0.2, 0.25) is 0 Å². The molecule has 0 heterocycles. The molecule has 7 rings (SSSR count). The first kappa shape index (κ1) is 34.0. The van der Waals surface area contributed by atoms with Gasteiger partial charge in [-0.05, 0) is 101 Å². The molecule has 0 saturated carbocycles. The first-order chi connectivity index (χ1) is 25.5. The maximum atomic E-state index is 13.9. The van der Waals surface area contributed by atoms with Crippen LogP contribution < -0.4 is 9.80 Å². The van der Waals surface area contributed by atoms with E-state index < -0.39 is 0 Å². The van der Waals surface area contributed by atoms with Gasteiger partial charge in [0, 0.05) is 35.6 Å². The summed E-state index contributed by atoms with van der Waals surface area (Å²) >= 11 is 0. The van der Waals surface area contributed by atoms with E-state index in [0.29, 0.717) is 24.2 Å². The third kappa shape index (κ3) is 7.33. The van der Waals surface area contributed by atoms with Gasteiger partial charge in [-0.1, -0.05) is 140 Å². The molecule has 0 fully saturated rings. The van der Waals surface area contributed by atoms with Gasteiger partial charge >= 0.3 is 0 Å². The summed E-state index contributed by atoms with van der Waals surface area (Å²) < 4.78 is 0. The fraction of sp³-hybridized carbons (Fsp3) is 0.0833. The zero-order valence-corrected chi connectivity index (χ0v) is 29.4. The van der Waals surface area contributed by atoms with Gasteiger partial charge in [-0.3, -0.25) is 9.59 Å². The van der Waals surface area contributed by atoms with Crippen molar-refractivity contribution in [2.45, 2.75) is 13.8 Å². The summed E-state index contributed by atoms with van der Waals surface area (Å²) in [4.78, 5) is 31.2. The number of carbonyl (C=O) groups is 2. The minimum absolute atomic E-state index is 0.150. The molecular formula is C48H40N2O2. The molecule has 0 N–H and O–H groups in total. The molecule has 0 aliphatic heterocycles. The summed E-state index contributed by atoms with van der Waals surface area (Å²) in [6.07, 6.45) is 0. The SMILES string of the molecule is CCN(C(=O)c1cccc(C(=O)N(CC)c2ccc(-c3ccc(-c4ccccc4)cc3)cc2)c1)c1ccc(-c2ccc(-c3ccccc3)cc2)cc1. The molecule has 0 aliphatic rings. The Morgan fingerprint density at radius 1 is 0.346 bits per heavy atom. The van der Waals surface area contributed by atoms with Crippen molar-refractivity contribution in [1.29, 1.82) is 0 Å². The van der Waals surface area contributed by atoms with E-state index in [2.05, 4.69) is 72.8 Å². The quantitative estimate of drug-likeness (QED) is 0.145. The standard InChI is InChI=1S/C48H40N2O2/c1-3-49(45-30-26-41(27-31-45)39-22-18-37(19-23-39)35-12-7-5-8-13-35)47(51)43-16-11-17-44(34-43)48(52)50(4-2)46-32-28-42(29-33-46)40-24-20-38(21-25-40)36-14-9-6-10-15-36/h5-34H,3-4H2,1-2H3. The highest BCUT2D eigenvalue weighted by Gasteiger charge is 2.21. The highest BCUT2D eigenvalue weighted by atomic mass is 16.2. The summed E-state index contributed by atoms with van der Waals surface area (Å²) in [7, 11) is 0. The summed E-state index contributed by atoms with van der Waals surface area (Å²) in [6, 6.07) is 60.9. The zero-order chi connectivity index (χ0) is 35.9. The zero-order valence-electron chi connectivity index (χ0n) is 29.4. The Balaban J connectivity index is 1.04. The monoisotopic (exact) mass is 676 g/mol. The highest BCUT2D eigenvalue weighted by Crippen LogP contribution is 2.29. The fourth-order valence-corrected chi connectivity index (χ4v) is 6.62. The topological polar surface area (TPSA) is 40.6 Å². The van der Waals surface area contributed by atoms with Gasteiger partial charge in [-0.15, -0.1) is 0 Å². The molecule has 0 aliphatic carbocycles. The summed E-state index contributed by atoms with van der Waals surface area (Å²) in [5.74, 6) is -0.300. The number of carbonyl (C=O) groups excluding carboxylic acids is 2. The smallest absolute Gasteiger partial charge is 0.258 e. The van der Waals surface area contributed by atoms with Gasteiger partial charge in [-0.2, -0.15) is 0 Å². The minimum atomic E-state index is -0.150. The third-order valence-electron chi connectivity index (χ3n) is 9.49. The lowest BCUT2D eigenvalue weighted by atomic mass is 10.00. The number of amides is 2. The molecule has 7 aromatic rings. The Kier molecular flexibility index (Phi) is 10.2. The average Bonchev–Trinajstić information content (AvgIpc) is 3.22. The van der Waals surface area contributed by atoms with Crippen LogP contribution in [0.3, 0.4) is 0 Å². The van der Waals surface area contributed by atoms with Gasteiger partial charge in [-0.25, -0.2) is 0 Å². The van der Waals surface area contributed by atoms with Crippen LogP contribution in [0.15, 0.2) is 182 Å². The Morgan fingerprint density at radius 3 is 0.904 bits per heavy atom. The molecule has 0 unspecified atom stereocenters. The van der Waals surface area contributed by atoms with Crippen molar-refractivity contribution in [1.82, 2.24) is 0 Å². The fourth-order valence-electron chi connectivity index (χ4n) is 6.62. The van der Waals surface area contributed by atoms with Crippen molar-refractivity contribution >= 4 is 23.2 Å². The maximum absolute atomic E-state index is 13.9. The van der Waals surface area contributed by atoms with Gasteiger partial charge in [0.25, 0.3) is 11.8 Å². The number of benzene rings is 7. The summed E-state index contributed by atoms with van der Waals surface area (Å²) in [5, 5.41) is 0. The van der Waals surface area contributed by atoms with Crippen molar-refractivity contribution in [2.24, 2.45) is 0 Å². The Bertz CT molecular complexity index is 2100. The van der Waals surface area contributed by atoms with Crippen LogP contribution >= 0.6 is 0 Å². The van der Waals surface area contributed by atoms with Crippen LogP contribution in [0.25, 0.3) is 44.5 Å². The number of hydrogen-bond acceptors (Lipinski definition) is 2. The van der Waals surface area contributed by atoms with Gasteiger partial charge in [0.05, 0.1) is 0 Å². The highest BCUT2D eigenvalue weighted by molar-refractivity contribution is 6.10. The molecule has 0 atom stereocenters. The summed E-state index contributed by atoms with van der Waals surface area (Å²) in [5.41, 5.74) is 11.6. The molecule has 7 aromatic carbocycles. The van der Waals surface area contributed by atoms with Crippen LogP contribution in [0.4, 0.5) is 11.4 Å². The maximum Gasteiger partial charge on any atom is 0.258 e. The molecule has 2 amide bonds. The molecular weight excluding hydrogens is 637 g/mol. The van der Waals surface area contributed by atoms with E-state index in [9.17, 15) is 9.59 Å². The molecule has 0 saturated heterocycles. The predicted molar refractivity (Wildman–Crippen MR) is 216 cm³/mol. The molecule has 52 heavy (non-hydrogen) atoms.